The summed E-state index contributed by atoms with van der Waals surface area (Å²) in [6, 6.07) is 0.416. The number of rotatable bonds is 5. The standard InChI is InChI=1S/C13H21N5.ClH/c1-10(2)18-8-12(6-15-18)5-14-7-13-9-17(4)16-11(13)3;/h6,8-10,14H,5,7H2,1-4H3;1H. The van der Waals surface area contributed by atoms with Crippen LogP contribution < -0.4 is 5.32 Å². The Labute approximate surface area is 120 Å². The van der Waals surface area contributed by atoms with Gasteiger partial charge < -0.3 is 5.32 Å². The highest BCUT2D eigenvalue weighted by Crippen LogP contribution is 2.07. The normalized spacial score (nSPS) is 10.8. The Kier molecular flexibility index (Phi) is 5.57. The van der Waals surface area contributed by atoms with E-state index in [0.29, 0.717) is 6.04 Å². The molecular weight excluding hydrogens is 262 g/mol. The van der Waals surface area contributed by atoms with E-state index in [9.17, 15) is 0 Å². The van der Waals surface area contributed by atoms with Gasteiger partial charge in [0.2, 0.25) is 0 Å². The van der Waals surface area contributed by atoms with Crippen molar-refractivity contribution in [1.82, 2.24) is 24.9 Å². The van der Waals surface area contributed by atoms with E-state index in [1.807, 2.05) is 29.5 Å². The molecule has 0 spiro atoms. The third-order valence-electron chi connectivity index (χ3n) is 2.94. The van der Waals surface area contributed by atoms with Crippen LogP contribution in [0.3, 0.4) is 0 Å². The second-order valence-electron chi connectivity index (χ2n) is 4.94. The first kappa shape index (κ1) is 15.7. The minimum absolute atomic E-state index is 0. The number of aromatic nitrogens is 4. The minimum atomic E-state index is 0. The van der Waals surface area contributed by atoms with Crippen LogP contribution in [0.15, 0.2) is 18.6 Å². The van der Waals surface area contributed by atoms with Crippen LogP contribution in [0.1, 0.15) is 36.7 Å². The van der Waals surface area contributed by atoms with Gasteiger partial charge >= 0.3 is 0 Å². The second kappa shape index (κ2) is 6.73. The zero-order valence-corrected chi connectivity index (χ0v) is 12.7. The molecule has 0 bridgehead atoms. The molecule has 0 radical (unpaired) electrons. The van der Waals surface area contributed by atoms with Crippen LogP contribution >= 0.6 is 12.4 Å². The van der Waals surface area contributed by atoms with Crippen molar-refractivity contribution in [2.75, 3.05) is 0 Å². The monoisotopic (exact) mass is 283 g/mol. The Hall–Kier alpha value is -1.33. The molecule has 106 valence electrons. The van der Waals surface area contributed by atoms with Crippen molar-refractivity contribution in [2.24, 2.45) is 7.05 Å². The van der Waals surface area contributed by atoms with Crippen molar-refractivity contribution < 1.29 is 0 Å². The first-order chi connectivity index (χ1) is 8.56. The molecule has 1 N–H and O–H groups in total. The lowest BCUT2D eigenvalue weighted by Crippen LogP contribution is -2.12. The summed E-state index contributed by atoms with van der Waals surface area (Å²) in [4.78, 5) is 0. The maximum atomic E-state index is 4.32. The summed E-state index contributed by atoms with van der Waals surface area (Å²) >= 11 is 0. The van der Waals surface area contributed by atoms with Gasteiger partial charge in [-0.2, -0.15) is 10.2 Å². The van der Waals surface area contributed by atoms with Gasteiger partial charge in [0.15, 0.2) is 0 Å². The lowest BCUT2D eigenvalue weighted by atomic mass is 10.2. The fraction of sp³-hybridized carbons (Fsp3) is 0.538. The number of aryl methyl sites for hydroxylation is 2. The summed E-state index contributed by atoms with van der Waals surface area (Å²) in [7, 11) is 1.95. The zero-order chi connectivity index (χ0) is 13.1. The molecule has 0 saturated carbocycles. The first-order valence-electron chi connectivity index (χ1n) is 6.29. The highest BCUT2D eigenvalue weighted by Gasteiger charge is 2.04. The molecule has 0 saturated heterocycles. The Morgan fingerprint density at radius 1 is 1.26 bits per heavy atom. The molecule has 0 amide bonds. The topological polar surface area (TPSA) is 47.7 Å². The van der Waals surface area contributed by atoms with Crippen LogP contribution in [-0.4, -0.2) is 19.6 Å². The predicted octanol–water partition coefficient (Wildman–Crippen LogP) is 2.22. The molecule has 2 rings (SSSR count). The van der Waals surface area contributed by atoms with Gasteiger partial charge in [-0.1, -0.05) is 0 Å². The Morgan fingerprint density at radius 2 is 2.00 bits per heavy atom. The van der Waals surface area contributed by atoms with Gasteiger partial charge in [0, 0.05) is 49.7 Å². The van der Waals surface area contributed by atoms with E-state index in [2.05, 4.69) is 41.8 Å². The van der Waals surface area contributed by atoms with Gasteiger partial charge in [0.1, 0.15) is 0 Å². The molecule has 6 heteroatoms. The Bertz CT molecular complexity index is 515. The van der Waals surface area contributed by atoms with E-state index in [1.165, 1.54) is 11.1 Å². The largest absolute Gasteiger partial charge is 0.308 e. The molecule has 19 heavy (non-hydrogen) atoms. The van der Waals surface area contributed by atoms with E-state index in [0.717, 1.165) is 18.8 Å². The van der Waals surface area contributed by atoms with Crippen molar-refractivity contribution in [2.45, 2.75) is 39.9 Å². The van der Waals surface area contributed by atoms with Crippen LogP contribution in [-0.2, 0) is 20.1 Å². The highest BCUT2D eigenvalue weighted by atomic mass is 35.5. The number of nitrogens with one attached hydrogen (secondary N) is 1. The molecule has 0 aliphatic carbocycles. The maximum absolute atomic E-state index is 4.32. The van der Waals surface area contributed by atoms with Crippen molar-refractivity contribution >= 4 is 12.4 Å². The number of nitrogens with zero attached hydrogens (tertiary/aromatic N) is 4. The summed E-state index contributed by atoms with van der Waals surface area (Å²) in [5.41, 5.74) is 3.54. The van der Waals surface area contributed by atoms with Gasteiger partial charge in [-0.15, -0.1) is 12.4 Å². The Balaban J connectivity index is 0.00000180. The zero-order valence-electron chi connectivity index (χ0n) is 11.9. The van der Waals surface area contributed by atoms with Crippen LogP contribution in [0.2, 0.25) is 0 Å². The molecule has 0 atom stereocenters. The third kappa shape index (κ3) is 4.08. The smallest absolute Gasteiger partial charge is 0.0638 e. The average Bonchev–Trinajstić information content (AvgIpc) is 2.87. The Morgan fingerprint density at radius 3 is 2.53 bits per heavy atom. The minimum Gasteiger partial charge on any atom is -0.308 e. The lowest BCUT2D eigenvalue weighted by molar-refractivity contribution is 0.531. The third-order valence-corrected chi connectivity index (χ3v) is 2.94. The van der Waals surface area contributed by atoms with Crippen LogP contribution in [0.5, 0.6) is 0 Å². The maximum Gasteiger partial charge on any atom is 0.0638 e. The van der Waals surface area contributed by atoms with Crippen LogP contribution in [0, 0.1) is 6.92 Å². The van der Waals surface area contributed by atoms with Gasteiger partial charge in [0.25, 0.3) is 0 Å². The van der Waals surface area contributed by atoms with Gasteiger partial charge in [-0.05, 0) is 20.8 Å². The van der Waals surface area contributed by atoms with Crippen molar-refractivity contribution in [3.8, 4) is 0 Å². The van der Waals surface area contributed by atoms with Gasteiger partial charge in [-0.25, -0.2) is 0 Å². The van der Waals surface area contributed by atoms with E-state index < -0.39 is 0 Å². The first-order valence-corrected chi connectivity index (χ1v) is 6.29. The number of hydrogen-bond acceptors (Lipinski definition) is 3. The van der Waals surface area contributed by atoms with E-state index in [1.54, 1.807) is 0 Å². The van der Waals surface area contributed by atoms with E-state index in [-0.39, 0.29) is 12.4 Å². The fourth-order valence-electron chi connectivity index (χ4n) is 1.91. The van der Waals surface area contributed by atoms with Crippen molar-refractivity contribution in [3.05, 3.63) is 35.4 Å². The molecule has 0 fully saturated rings. The van der Waals surface area contributed by atoms with Gasteiger partial charge in [-0.3, -0.25) is 9.36 Å². The average molecular weight is 284 g/mol. The highest BCUT2D eigenvalue weighted by molar-refractivity contribution is 5.85. The predicted molar refractivity (Wildman–Crippen MR) is 78.3 cm³/mol. The summed E-state index contributed by atoms with van der Waals surface area (Å²) in [5.74, 6) is 0. The molecule has 2 heterocycles. The molecule has 5 nitrogen and oxygen atoms in total. The molecule has 2 aromatic heterocycles. The van der Waals surface area contributed by atoms with Crippen LogP contribution in [0.4, 0.5) is 0 Å². The fourth-order valence-corrected chi connectivity index (χ4v) is 1.91. The molecular formula is C13H22ClN5. The molecule has 2 aromatic rings. The molecule has 0 aliphatic heterocycles. The summed E-state index contributed by atoms with van der Waals surface area (Å²) in [6.07, 6.45) is 6.07. The summed E-state index contributed by atoms with van der Waals surface area (Å²) in [5, 5.41) is 12.1. The van der Waals surface area contributed by atoms with Crippen LogP contribution in [0.25, 0.3) is 0 Å². The number of hydrogen-bond donors (Lipinski definition) is 1. The molecule has 0 unspecified atom stereocenters. The second-order valence-corrected chi connectivity index (χ2v) is 4.94. The van der Waals surface area contributed by atoms with E-state index in [4.69, 9.17) is 0 Å². The number of halogens is 1. The summed E-state index contributed by atoms with van der Waals surface area (Å²) in [6.45, 7) is 7.97. The van der Waals surface area contributed by atoms with Crippen molar-refractivity contribution in [1.29, 1.82) is 0 Å². The SMILES string of the molecule is Cc1nn(C)cc1CNCc1cnn(C(C)C)c1.Cl. The van der Waals surface area contributed by atoms with Gasteiger partial charge in [0.05, 0.1) is 11.9 Å². The molecule has 0 aromatic carbocycles. The lowest BCUT2D eigenvalue weighted by Gasteiger charge is -2.04. The summed E-state index contributed by atoms with van der Waals surface area (Å²) < 4.78 is 3.83. The molecule has 0 aliphatic rings. The van der Waals surface area contributed by atoms with E-state index >= 15 is 0 Å². The van der Waals surface area contributed by atoms with Crippen molar-refractivity contribution in [3.63, 3.8) is 0 Å². The quantitative estimate of drug-likeness (QED) is 0.915.